The topological polar surface area (TPSA) is 69.6 Å². The van der Waals surface area contributed by atoms with Gasteiger partial charge in [0, 0.05) is 19.6 Å². The lowest BCUT2D eigenvalue weighted by molar-refractivity contribution is -0.141. The van der Waals surface area contributed by atoms with Crippen LogP contribution in [0.4, 0.5) is 4.79 Å². The molecule has 1 aromatic carbocycles. The SMILES string of the molecule is CC(C)c1cccc(CNC(=O)N2CCC(C(=O)O)C2)c1. The van der Waals surface area contributed by atoms with Gasteiger partial charge in [0.15, 0.2) is 0 Å². The first-order valence-electron chi connectivity index (χ1n) is 7.31. The molecule has 1 heterocycles. The van der Waals surface area contributed by atoms with E-state index in [2.05, 4.69) is 31.3 Å². The molecule has 2 amide bonds. The molecule has 1 aliphatic rings. The monoisotopic (exact) mass is 290 g/mol. The number of hydrogen-bond donors (Lipinski definition) is 2. The van der Waals surface area contributed by atoms with E-state index in [0.29, 0.717) is 32.0 Å². The van der Waals surface area contributed by atoms with Crippen molar-refractivity contribution in [2.45, 2.75) is 32.7 Å². The Labute approximate surface area is 125 Å². The molecule has 1 aliphatic heterocycles. The molecular formula is C16H22N2O3. The minimum Gasteiger partial charge on any atom is -0.481 e. The number of carboxylic acids is 1. The molecule has 114 valence electrons. The summed E-state index contributed by atoms with van der Waals surface area (Å²) >= 11 is 0. The first kappa shape index (κ1) is 15.4. The minimum atomic E-state index is -0.824. The molecule has 0 saturated carbocycles. The van der Waals surface area contributed by atoms with E-state index in [1.165, 1.54) is 5.56 Å². The van der Waals surface area contributed by atoms with Crippen LogP contribution in [-0.2, 0) is 11.3 Å². The van der Waals surface area contributed by atoms with E-state index < -0.39 is 11.9 Å². The molecule has 1 fully saturated rings. The maximum Gasteiger partial charge on any atom is 0.317 e. The molecule has 2 N–H and O–H groups in total. The van der Waals surface area contributed by atoms with Gasteiger partial charge in [-0.2, -0.15) is 0 Å². The minimum absolute atomic E-state index is 0.186. The standard InChI is InChI=1S/C16H22N2O3/c1-11(2)13-5-3-4-12(8-13)9-17-16(21)18-7-6-14(10-18)15(19)20/h3-5,8,11,14H,6-7,9-10H2,1-2H3,(H,17,21)(H,19,20). The van der Waals surface area contributed by atoms with Crippen molar-refractivity contribution in [3.05, 3.63) is 35.4 Å². The molecule has 21 heavy (non-hydrogen) atoms. The number of urea groups is 1. The summed E-state index contributed by atoms with van der Waals surface area (Å²) in [4.78, 5) is 24.5. The van der Waals surface area contributed by atoms with Gasteiger partial charge < -0.3 is 15.3 Å². The molecule has 1 unspecified atom stereocenters. The highest BCUT2D eigenvalue weighted by atomic mass is 16.4. The molecule has 0 bridgehead atoms. The molecule has 0 aliphatic carbocycles. The van der Waals surface area contributed by atoms with Crippen LogP contribution >= 0.6 is 0 Å². The normalized spacial score (nSPS) is 18.0. The molecule has 5 heteroatoms. The third-order valence-electron chi connectivity index (χ3n) is 3.89. The van der Waals surface area contributed by atoms with Crippen LogP contribution in [0.3, 0.4) is 0 Å². The largest absolute Gasteiger partial charge is 0.481 e. The second kappa shape index (κ2) is 6.61. The summed E-state index contributed by atoms with van der Waals surface area (Å²) < 4.78 is 0. The summed E-state index contributed by atoms with van der Waals surface area (Å²) in [6.07, 6.45) is 0.533. The third-order valence-corrected chi connectivity index (χ3v) is 3.89. The molecule has 0 radical (unpaired) electrons. The third kappa shape index (κ3) is 3.97. The van der Waals surface area contributed by atoms with Gasteiger partial charge in [0.25, 0.3) is 0 Å². The number of likely N-dealkylation sites (tertiary alicyclic amines) is 1. The zero-order chi connectivity index (χ0) is 15.4. The zero-order valence-corrected chi connectivity index (χ0v) is 12.5. The van der Waals surface area contributed by atoms with Crippen LogP contribution < -0.4 is 5.32 Å². The lowest BCUT2D eigenvalue weighted by atomic mass is 10.0. The number of hydrogen-bond acceptors (Lipinski definition) is 2. The quantitative estimate of drug-likeness (QED) is 0.894. The van der Waals surface area contributed by atoms with Gasteiger partial charge in [-0.3, -0.25) is 4.79 Å². The Balaban J connectivity index is 1.87. The van der Waals surface area contributed by atoms with Crippen LogP contribution in [0.15, 0.2) is 24.3 Å². The maximum atomic E-state index is 12.0. The van der Waals surface area contributed by atoms with Crippen molar-refractivity contribution in [1.29, 1.82) is 0 Å². The van der Waals surface area contributed by atoms with Crippen molar-refractivity contribution in [3.63, 3.8) is 0 Å². The van der Waals surface area contributed by atoms with E-state index in [4.69, 9.17) is 5.11 Å². The van der Waals surface area contributed by atoms with Crippen molar-refractivity contribution in [2.75, 3.05) is 13.1 Å². The highest BCUT2D eigenvalue weighted by Crippen LogP contribution is 2.17. The van der Waals surface area contributed by atoms with E-state index in [1.54, 1.807) is 4.90 Å². The van der Waals surface area contributed by atoms with Crippen molar-refractivity contribution >= 4 is 12.0 Å². The lowest BCUT2D eigenvalue weighted by Gasteiger charge is -2.17. The Kier molecular flexibility index (Phi) is 4.83. The molecule has 0 spiro atoms. The summed E-state index contributed by atoms with van der Waals surface area (Å²) in [5.41, 5.74) is 2.30. The summed E-state index contributed by atoms with van der Waals surface area (Å²) in [7, 11) is 0. The van der Waals surface area contributed by atoms with Crippen LogP contribution in [0.5, 0.6) is 0 Å². The molecular weight excluding hydrogens is 268 g/mol. The number of benzene rings is 1. The van der Waals surface area contributed by atoms with Gasteiger partial charge in [0.2, 0.25) is 0 Å². The van der Waals surface area contributed by atoms with Crippen LogP contribution in [0.25, 0.3) is 0 Å². The number of carboxylic acid groups (broad SMARTS) is 1. The van der Waals surface area contributed by atoms with Crippen molar-refractivity contribution < 1.29 is 14.7 Å². The van der Waals surface area contributed by atoms with Crippen LogP contribution in [0.2, 0.25) is 0 Å². The number of aliphatic carboxylic acids is 1. The predicted molar refractivity (Wildman–Crippen MR) is 80.1 cm³/mol. The Morgan fingerprint density at radius 3 is 2.81 bits per heavy atom. The van der Waals surface area contributed by atoms with Crippen LogP contribution in [0.1, 0.15) is 37.3 Å². The zero-order valence-electron chi connectivity index (χ0n) is 12.5. The number of nitrogens with zero attached hydrogens (tertiary/aromatic N) is 1. The second-order valence-electron chi connectivity index (χ2n) is 5.83. The fourth-order valence-corrected chi connectivity index (χ4v) is 2.50. The van der Waals surface area contributed by atoms with Gasteiger partial charge in [-0.05, 0) is 23.5 Å². The van der Waals surface area contributed by atoms with Crippen LogP contribution in [-0.4, -0.2) is 35.1 Å². The molecule has 2 rings (SSSR count). The Morgan fingerprint density at radius 1 is 1.43 bits per heavy atom. The van der Waals surface area contributed by atoms with Gasteiger partial charge in [-0.25, -0.2) is 4.79 Å². The van der Waals surface area contributed by atoms with E-state index in [0.717, 1.165) is 5.56 Å². The summed E-state index contributed by atoms with van der Waals surface area (Å²) in [6.45, 7) is 5.54. The fourth-order valence-electron chi connectivity index (χ4n) is 2.50. The van der Waals surface area contributed by atoms with Crippen LogP contribution in [0, 0.1) is 5.92 Å². The number of carbonyl (C=O) groups is 2. The van der Waals surface area contributed by atoms with E-state index >= 15 is 0 Å². The Bertz CT molecular complexity index is 528. The van der Waals surface area contributed by atoms with Gasteiger partial charge in [-0.15, -0.1) is 0 Å². The fraction of sp³-hybridized carbons (Fsp3) is 0.500. The average Bonchev–Trinajstić information content (AvgIpc) is 2.95. The number of rotatable bonds is 4. The van der Waals surface area contributed by atoms with E-state index in [9.17, 15) is 9.59 Å². The Morgan fingerprint density at radius 2 is 2.19 bits per heavy atom. The molecule has 1 saturated heterocycles. The molecule has 1 atom stereocenters. The first-order chi connectivity index (χ1) is 9.97. The number of nitrogens with one attached hydrogen (secondary N) is 1. The first-order valence-corrected chi connectivity index (χ1v) is 7.31. The number of carbonyl (C=O) groups excluding carboxylic acids is 1. The lowest BCUT2D eigenvalue weighted by Crippen LogP contribution is -2.38. The predicted octanol–water partition coefficient (Wildman–Crippen LogP) is 2.43. The molecule has 5 nitrogen and oxygen atoms in total. The molecule has 0 aromatic heterocycles. The van der Waals surface area contributed by atoms with Gasteiger partial charge >= 0.3 is 12.0 Å². The van der Waals surface area contributed by atoms with Gasteiger partial charge in [-0.1, -0.05) is 38.1 Å². The van der Waals surface area contributed by atoms with E-state index in [1.807, 2.05) is 12.1 Å². The van der Waals surface area contributed by atoms with Crippen molar-refractivity contribution in [3.8, 4) is 0 Å². The summed E-state index contributed by atoms with van der Waals surface area (Å²) in [6, 6.07) is 7.96. The molecule has 1 aromatic rings. The van der Waals surface area contributed by atoms with Gasteiger partial charge in [0.05, 0.1) is 5.92 Å². The van der Waals surface area contributed by atoms with Gasteiger partial charge in [0.1, 0.15) is 0 Å². The highest BCUT2D eigenvalue weighted by Gasteiger charge is 2.30. The highest BCUT2D eigenvalue weighted by molar-refractivity contribution is 5.77. The maximum absolute atomic E-state index is 12.0. The number of amides is 2. The Hall–Kier alpha value is -2.04. The second-order valence-corrected chi connectivity index (χ2v) is 5.83. The van der Waals surface area contributed by atoms with E-state index in [-0.39, 0.29) is 6.03 Å². The summed E-state index contributed by atoms with van der Waals surface area (Å²) in [5, 5.41) is 11.8. The van der Waals surface area contributed by atoms with Crippen molar-refractivity contribution in [2.24, 2.45) is 5.92 Å². The summed E-state index contributed by atoms with van der Waals surface area (Å²) in [5.74, 6) is -0.800. The average molecular weight is 290 g/mol. The smallest absolute Gasteiger partial charge is 0.317 e. The van der Waals surface area contributed by atoms with Crippen molar-refractivity contribution in [1.82, 2.24) is 10.2 Å².